The van der Waals surface area contributed by atoms with Gasteiger partial charge in [0.1, 0.15) is 11.5 Å². The van der Waals surface area contributed by atoms with Gasteiger partial charge in [0.05, 0.1) is 5.69 Å². The Bertz CT molecular complexity index is 870. The first-order chi connectivity index (χ1) is 12.5. The summed E-state index contributed by atoms with van der Waals surface area (Å²) in [6, 6.07) is 19.1. The second-order valence-electron chi connectivity index (χ2n) is 6.26. The normalized spacial score (nSPS) is 10.6. The summed E-state index contributed by atoms with van der Waals surface area (Å²) in [5, 5.41) is 4.40. The van der Waals surface area contributed by atoms with Crippen molar-refractivity contribution in [1.82, 2.24) is 9.78 Å². The number of anilines is 1. The van der Waals surface area contributed by atoms with Gasteiger partial charge in [0.2, 0.25) is 5.91 Å². The van der Waals surface area contributed by atoms with Gasteiger partial charge in [0.15, 0.2) is 0 Å². The van der Waals surface area contributed by atoms with E-state index in [4.69, 9.17) is 4.74 Å². The average molecular weight is 349 g/mol. The number of hydrogen-bond donors (Lipinski definition) is 0. The third-order valence-corrected chi connectivity index (χ3v) is 4.22. The Hall–Kier alpha value is -3.08. The van der Waals surface area contributed by atoms with Gasteiger partial charge in [0, 0.05) is 31.4 Å². The van der Waals surface area contributed by atoms with Gasteiger partial charge in [-0.3, -0.25) is 9.48 Å². The minimum atomic E-state index is 0.0503. The van der Waals surface area contributed by atoms with E-state index in [2.05, 4.69) is 5.10 Å². The lowest BCUT2D eigenvalue weighted by molar-refractivity contribution is -0.118. The van der Waals surface area contributed by atoms with E-state index in [1.54, 1.807) is 11.9 Å². The van der Waals surface area contributed by atoms with Crippen LogP contribution in [0.15, 0.2) is 60.7 Å². The number of aryl methyl sites for hydroxylation is 3. The Labute approximate surface area is 153 Å². The summed E-state index contributed by atoms with van der Waals surface area (Å²) < 4.78 is 7.65. The molecule has 26 heavy (non-hydrogen) atoms. The fourth-order valence-electron chi connectivity index (χ4n) is 2.78. The van der Waals surface area contributed by atoms with Crippen molar-refractivity contribution < 1.29 is 9.53 Å². The predicted octanol–water partition coefficient (Wildman–Crippen LogP) is 4.35. The molecule has 0 unspecified atom stereocenters. The molecule has 134 valence electrons. The van der Waals surface area contributed by atoms with Crippen molar-refractivity contribution in [3.8, 4) is 11.5 Å². The third kappa shape index (κ3) is 4.30. The van der Waals surface area contributed by atoms with Crippen LogP contribution in [0.25, 0.3) is 0 Å². The van der Waals surface area contributed by atoms with Gasteiger partial charge in [-0.2, -0.15) is 5.10 Å². The molecule has 5 nitrogen and oxygen atoms in total. The zero-order valence-electron chi connectivity index (χ0n) is 15.3. The van der Waals surface area contributed by atoms with Crippen LogP contribution in [0.5, 0.6) is 11.5 Å². The van der Waals surface area contributed by atoms with Crippen LogP contribution < -0.4 is 9.64 Å². The number of benzene rings is 2. The molecule has 0 spiro atoms. The number of rotatable bonds is 6. The highest BCUT2D eigenvalue weighted by Gasteiger charge is 2.12. The zero-order chi connectivity index (χ0) is 18.5. The van der Waals surface area contributed by atoms with Crippen molar-refractivity contribution in [2.45, 2.75) is 26.8 Å². The molecule has 0 saturated carbocycles. The Balaban J connectivity index is 1.59. The SMILES string of the molecule is Cc1cc(C)n(CCC(=O)N(C)c2ccc(Oc3ccccc3)cc2)n1. The van der Waals surface area contributed by atoms with Crippen LogP contribution in [0.3, 0.4) is 0 Å². The smallest absolute Gasteiger partial charge is 0.228 e. The average Bonchev–Trinajstić information content (AvgIpc) is 2.98. The van der Waals surface area contributed by atoms with E-state index in [1.165, 1.54) is 0 Å². The summed E-state index contributed by atoms with van der Waals surface area (Å²) in [6.45, 7) is 4.54. The lowest BCUT2D eigenvalue weighted by Crippen LogP contribution is -2.27. The molecule has 0 N–H and O–H groups in total. The molecule has 0 aliphatic rings. The molecule has 5 heteroatoms. The predicted molar refractivity (Wildman–Crippen MR) is 103 cm³/mol. The fraction of sp³-hybridized carbons (Fsp3) is 0.238. The second-order valence-corrected chi connectivity index (χ2v) is 6.26. The van der Waals surface area contributed by atoms with E-state index in [1.807, 2.05) is 79.2 Å². The van der Waals surface area contributed by atoms with Crippen molar-refractivity contribution in [2.75, 3.05) is 11.9 Å². The molecule has 0 aliphatic heterocycles. The molecule has 1 amide bonds. The van der Waals surface area contributed by atoms with Crippen molar-refractivity contribution in [3.63, 3.8) is 0 Å². The van der Waals surface area contributed by atoms with Crippen LogP contribution in [-0.4, -0.2) is 22.7 Å². The molecule has 1 heterocycles. The van der Waals surface area contributed by atoms with Gasteiger partial charge in [-0.05, 0) is 56.3 Å². The van der Waals surface area contributed by atoms with E-state index >= 15 is 0 Å². The van der Waals surface area contributed by atoms with Gasteiger partial charge in [-0.25, -0.2) is 0 Å². The first-order valence-corrected chi connectivity index (χ1v) is 8.63. The van der Waals surface area contributed by atoms with Gasteiger partial charge < -0.3 is 9.64 Å². The summed E-state index contributed by atoms with van der Waals surface area (Å²) in [4.78, 5) is 14.1. The van der Waals surface area contributed by atoms with Crippen LogP contribution >= 0.6 is 0 Å². The third-order valence-electron chi connectivity index (χ3n) is 4.22. The van der Waals surface area contributed by atoms with E-state index in [-0.39, 0.29) is 5.91 Å². The van der Waals surface area contributed by atoms with Crippen molar-refractivity contribution in [1.29, 1.82) is 0 Å². The summed E-state index contributed by atoms with van der Waals surface area (Å²) in [7, 11) is 1.79. The minimum Gasteiger partial charge on any atom is -0.457 e. The number of ether oxygens (including phenoxy) is 1. The van der Waals surface area contributed by atoms with Crippen molar-refractivity contribution in [2.24, 2.45) is 0 Å². The molecule has 0 aliphatic carbocycles. The highest BCUT2D eigenvalue weighted by molar-refractivity contribution is 5.92. The monoisotopic (exact) mass is 349 g/mol. The molecule has 0 bridgehead atoms. The molecule has 0 fully saturated rings. The molecule has 0 saturated heterocycles. The van der Waals surface area contributed by atoms with Gasteiger partial charge >= 0.3 is 0 Å². The summed E-state index contributed by atoms with van der Waals surface area (Å²) in [5.41, 5.74) is 2.88. The highest BCUT2D eigenvalue weighted by atomic mass is 16.5. The van der Waals surface area contributed by atoms with Gasteiger partial charge in [-0.15, -0.1) is 0 Å². The van der Waals surface area contributed by atoms with Gasteiger partial charge in [0.25, 0.3) is 0 Å². The molecule has 0 radical (unpaired) electrons. The number of carbonyl (C=O) groups is 1. The van der Waals surface area contributed by atoms with E-state index < -0.39 is 0 Å². The second kappa shape index (κ2) is 7.87. The first-order valence-electron chi connectivity index (χ1n) is 8.63. The molecule has 1 aromatic heterocycles. The van der Waals surface area contributed by atoms with Crippen molar-refractivity contribution in [3.05, 3.63) is 72.1 Å². The van der Waals surface area contributed by atoms with Crippen LogP contribution in [0, 0.1) is 13.8 Å². The molecule has 0 atom stereocenters. The summed E-state index contributed by atoms with van der Waals surface area (Å²) in [6.07, 6.45) is 0.403. The maximum Gasteiger partial charge on any atom is 0.228 e. The standard InChI is InChI=1S/C21H23N3O2/c1-16-15-17(2)24(22-16)14-13-21(25)23(3)18-9-11-20(12-10-18)26-19-7-5-4-6-8-19/h4-12,15H,13-14H2,1-3H3. The molecule has 2 aromatic carbocycles. The van der Waals surface area contributed by atoms with Crippen LogP contribution in [-0.2, 0) is 11.3 Å². The lowest BCUT2D eigenvalue weighted by atomic mass is 10.2. The maximum absolute atomic E-state index is 12.5. The van der Waals surface area contributed by atoms with Crippen LogP contribution in [0.1, 0.15) is 17.8 Å². The van der Waals surface area contributed by atoms with E-state index in [0.717, 1.165) is 28.6 Å². The first kappa shape index (κ1) is 17.7. The molecule has 3 aromatic rings. The quantitative estimate of drug-likeness (QED) is 0.665. The van der Waals surface area contributed by atoms with E-state index in [0.29, 0.717) is 13.0 Å². The largest absolute Gasteiger partial charge is 0.457 e. The Morgan fingerprint density at radius 1 is 1.04 bits per heavy atom. The molecule has 3 rings (SSSR count). The Morgan fingerprint density at radius 3 is 2.31 bits per heavy atom. The summed E-state index contributed by atoms with van der Waals surface area (Å²) >= 11 is 0. The highest BCUT2D eigenvalue weighted by Crippen LogP contribution is 2.24. The Kier molecular flexibility index (Phi) is 5.37. The van der Waals surface area contributed by atoms with E-state index in [9.17, 15) is 4.79 Å². The maximum atomic E-state index is 12.5. The van der Waals surface area contributed by atoms with Crippen LogP contribution in [0.2, 0.25) is 0 Å². The zero-order valence-corrected chi connectivity index (χ0v) is 15.3. The van der Waals surface area contributed by atoms with Crippen LogP contribution in [0.4, 0.5) is 5.69 Å². The van der Waals surface area contributed by atoms with Crippen molar-refractivity contribution >= 4 is 11.6 Å². The topological polar surface area (TPSA) is 47.4 Å². The number of hydrogen-bond acceptors (Lipinski definition) is 3. The summed E-state index contributed by atoms with van der Waals surface area (Å²) in [5.74, 6) is 1.58. The number of amides is 1. The van der Waals surface area contributed by atoms with Gasteiger partial charge in [-0.1, -0.05) is 18.2 Å². The molecular formula is C21H23N3O2. The fourth-order valence-corrected chi connectivity index (χ4v) is 2.78. The Morgan fingerprint density at radius 2 is 1.69 bits per heavy atom. The number of nitrogens with zero attached hydrogens (tertiary/aromatic N) is 3. The number of para-hydroxylation sites is 1. The lowest BCUT2D eigenvalue weighted by Gasteiger charge is -2.18. The molecular weight excluding hydrogens is 326 g/mol. The number of carbonyl (C=O) groups excluding carboxylic acids is 1. The number of aromatic nitrogens is 2. The minimum absolute atomic E-state index is 0.0503.